The first-order valence-corrected chi connectivity index (χ1v) is 12.7. The van der Waals surface area contributed by atoms with Gasteiger partial charge in [0.1, 0.15) is 12.2 Å². The molecular formula is C29H38N2O8. The molecule has 0 radical (unpaired) electrons. The van der Waals surface area contributed by atoms with Gasteiger partial charge in [0.2, 0.25) is 11.6 Å². The summed E-state index contributed by atoms with van der Waals surface area (Å²) in [5.41, 5.74) is 6.55. The van der Waals surface area contributed by atoms with Gasteiger partial charge in [-0.15, -0.1) is 0 Å². The molecule has 39 heavy (non-hydrogen) atoms. The lowest BCUT2D eigenvalue weighted by Crippen LogP contribution is -2.35. The second kappa shape index (κ2) is 14.0. The van der Waals surface area contributed by atoms with Crippen LogP contribution in [0.25, 0.3) is 0 Å². The molecule has 0 aromatic rings. The Balaban J connectivity index is 2.58. The lowest BCUT2D eigenvalue weighted by Gasteiger charge is -2.26. The standard InChI is InChI=1S/C29H38N2O8/c1-15-11-20-25(30)22(33)14-21(27(20)35)31-29(36)16(2)9-8-10-23(37-6)28(39-19(5)32)18(4)13-17(3)26(34)24(12-15)38-7/h8-10,13-15,17,23-24,28H,11-12,30H2,1-7H3,(H,31,36)/b10-8-,16-9+,18-13+/t15-,17+,23+,24+,28?/m1/s1. The van der Waals surface area contributed by atoms with Crippen molar-refractivity contribution in [2.75, 3.05) is 14.2 Å². The molecule has 0 aromatic heterocycles. The van der Waals surface area contributed by atoms with E-state index in [0.29, 0.717) is 5.57 Å². The largest absolute Gasteiger partial charge is 0.455 e. The molecule has 10 heteroatoms. The number of ketones is 3. The predicted octanol–water partition coefficient (Wildman–Crippen LogP) is 2.40. The van der Waals surface area contributed by atoms with Crippen molar-refractivity contribution < 1.29 is 38.2 Å². The van der Waals surface area contributed by atoms with Crippen LogP contribution >= 0.6 is 0 Å². The monoisotopic (exact) mass is 542 g/mol. The zero-order chi connectivity index (χ0) is 29.4. The van der Waals surface area contributed by atoms with E-state index in [1.807, 2.05) is 6.92 Å². The highest BCUT2D eigenvalue weighted by Gasteiger charge is 2.32. The van der Waals surface area contributed by atoms with Gasteiger partial charge in [0.05, 0.1) is 11.4 Å². The number of carbonyl (C=O) groups is 5. The highest BCUT2D eigenvalue weighted by molar-refractivity contribution is 6.23. The number of carbonyl (C=O) groups excluding carboxylic acids is 5. The molecule has 1 unspecified atom stereocenters. The summed E-state index contributed by atoms with van der Waals surface area (Å²) in [7, 11) is 2.87. The molecule has 1 heterocycles. The number of rotatable bonds is 3. The Morgan fingerprint density at radius 1 is 1.08 bits per heavy atom. The number of hydrogen-bond donors (Lipinski definition) is 2. The maximum Gasteiger partial charge on any atom is 0.303 e. The molecule has 1 aliphatic heterocycles. The molecular weight excluding hydrogens is 504 g/mol. The Bertz CT molecular complexity index is 1170. The summed E-state index contributed by atoms with van der Waals surface area (Å²) in [5.74, 6) is -3.30. The van der Waals surface area contributed by atoms with Crippen LogP contribution in [0.15, 0.2) is 58.5 Å². The van der Waals surface area contributed by atoms with Crippen molar-refractivity contribution in [2.24, 2.45) is 17.6 Å². The maximum absolute atomic E-state index is 13.3. The Kier molecular flexibility index (Phi) is 11.3. The molecule has 0 spiro atoms. The minimum absolute atomic E-state index is 0.0861. The van der Waals surface area contributed by atoms with Gasteiger partial charge in [-0.2, -0.15) is 0 Å². The molecule has 2 aliphatic rings. The SMILES string of the molecule is CO[C@H]1C[C@H](C)CC2=C(N)C(=O)C=C(NC(=O)/C(C)=C/C=C\[C@H](OC)C(OC(C)=O)/C(C)=C/[C@H](C)C1=O)C2=O. The van der Waals surface area contributed by atoms with E-state index >= 15 is 0 Å². The number of allylic oxidation sites excluding steroid dienone is 5. The number of hydrogen-bond acceptors (Lipinski definition) is 9. The quantitative estimate of drug-likeness (QED) is 0.311. The zero-order valence-electron chi connectivity index (χ0n) is 23.5. The number of nitrogens with one attached hydrogen (secondary N) is 1. The average molecular weight is 543 g/mol. The Labute approximate surface area is 229 Å². The number of fused-ring (bicyclic) bond motifs is 2. The van der Waals surface area contributed by atoms with Crippen LogP contribution in [0.3, 0.4) is 0 Å². The number of methoxy groups -OCH3 is 2. The molecule has 212 valence electrons. The highest BCUT2D eigenvalue weighted by atomic mass is 16.6. The maximum atomic E-state index is 13.3. The van der Waals surface area contributed by atoms with E-state index in [2.05, 4.69) is 5.32 Å². The fourth-order valence-electron chi connectivity index (χ4n) is 4.50. The van der Waals surface area contributed by atoms with Crippen LogP contribution in [0.2, 0.25) is 0 Å². The molecule has 0 saturated carbocycles. The van der Waals surface area contributed by atoms with Crippen LogP contribution in [0.4, 0.5) is 0 Å². The van der Waals surface area contributed by atoms with Crippen LogP contribution in [-0.2, 0) is 38.2 Å². The first-order chi connectivity index (χ1) is 18.3. The minimum atomic E-state index is -0.827. The van der Waals surface area contributed by atoms with Gasteiger partial charge in [-0.25, -0.2) is 0 Å². The van der Waals surface area contributed by atoms with E-state index < -0.39 is 47.7 Å². The molecule has 1 amide bonds. The lowest BCUT2D eigenvalue weighted by molar-refractivity contribution is -0.149. The summed E-state index contributed by atoms with van der Waals surface area (Å²) in [6.07, 6.45) is 5.40. The van der Waals surface area contributed by atoms with E-state index in [1.54, 1.807) is 39.0 Å². The third-order valence-electron chi connectivity index (χ3n) is 6.68. The number of amides is 1. The first kappa shape index (κ1) is 31.6. The third-order valence-corrected chi connectivity index (χ3v) is 6.68. The molecule has 0 fully saturated rings. The number of Topliss-reactive ketones (excluding diaryl/α,β-unsaturated/α-hetero) is 2. The van der Waals surface area contributed by atoms with Gasteiger partial charge >= 0.3 is 5.97 Å². The molecule has 2 rings (SSSR count). The average Bonchev–Trinajstić information content (AvgIpc) is 2.88. The summed E-state index contributed by atoms with van der Waals surface area (Å²) in [6, 6.07) is 0. The van der Waals surface area contributed by atoms with Gasteiger partial charge in [-0.3, -0.25) is 24.0 Å². The number of esters is 1. The van der Waals surface area contributed by atoms with E-state index in [9.17, 15) is 24.0 Å². The molecule has 2 bridgehead atoms. The van der Waals surface area contributed by atoms with E-state index in [-0.39, 0.29) is 47.1 Å². The normalized spacial score (nSPS) is 31.5. The van der Waals surface area contributed by atoms with Crippen LogP contribution in [0, 0.1) is 11.8 Å². The summed E-state index contributed by atoms with van der Waals surface area (Å²) in [5, 5.41) is 2.50. The van der Waals surface area contributed by atoms with Crippen molar-refractivity contribution in [1.29, 1.82) is 0 Å². The van der Waals surface area contributed by atoms with Crippen LogP contribution in [0.1, 0.15) is 47.5 Å². The summed E-state index contributed by atoms with van der Waals surface area (Å²) in [4.78, 5) is 63.6. The molecule has 10 nitrogen and oxygen atoms in total. The predicted molar refractivity (Wildman–Crippen MR) is 144 cm³/mol. The molecule has 5 atom stereocenters. The van der Waals surface area contributed by atoms with Crippen molar-refractivity contribution in [3.8, 4) is 0 Å². The smallest absolute Gasteiger partial charge is 0.303 e. The third kappa shape index (κ3) is 8.18. The second-order valence-corrected chi connectivity index (χ2v) is 9.93. The summed E-state index contributed by atoms with van der Waals surface area (Å²) in [6.45, 7) is 8.10. The Morgan fingerprint density at radius 2 is 1.74 bits per heavy atom. The first-order valence-electron chi connectivity index (χ1n) is 12.7. The van der Waals surface area contributed by atoms with Gasteiger partial charge in [0.25, 0.3) is 5.91 Å². The van der Waals surface area contributed by atoms with Crippen LogP contribution in [0.5, 0.6) is 0 Å². The summed E-state index contributed by atoms with van der Waals surface area (Å²) >= 11 is 0. The van der Waals surface area contributed by atoms with Crippen molar-refractivity contribution in [1.82, 2.24) is 5.32 Å². The van der Waals surface area contributed by atoms with Gasteiger partial charge in [0.15, 0.2) is 11.9 Å². The molecule has 3 N–H and O–H groups in total. The van der Waals surface area contributed by atoms with E-state index in [0.717, 1.165) is 6.08 Å². The van der Waals surface area contributed by atoms with Crippen molar-refractivity contribution in [3.05, 3.63) is 58.5 Å². The fourth-order valence-corrected chi connectivity index (χ4v) is 4.50. The van der Waals surface area contributed by atoms with Crippen molar-refractivity contribution in [3.63, 3.8) is 0 Å². The summed E-state index contributed by atoms with van der Waals surface area (Å²) < 4.78 is 16.6. The van der Waals surface area contributed by atoms with Crippen LogP contribution < -0.4 is 11.1 Å². The van der Waals surface area contributed by atoms with Gasteiger partial charge < -0.3 is 25.3 Å². The molecule has 1 aliphatic carbocycles. The Morgan fingerprint density at radius 3 is 2.33 bits per heavy atom. The topological polar surface area (TPSA) is 151 Å². The van der Waals surface area contributed by atoms with Gasteiger partial charge in [0, 0.05) is 44.3 Å². The van der Waals surface area contributed by atoms with E-state index in [1.165, 1.54) is 27.2 Å². The van der Waals surface area contributed by atoms with Gasteiger partial charge in [-0.05, 0) is 38.2 Å². The second-order valence-electron chi connectivity index (χ2n) is 9.93. The van der Waals surface area contributed by atoms with Crippen molar-refractivity contribution >= 4 is 29.2 Å². The van der Waals surface area contributed by atoms with E-state index in [4.69, 9.17) is 19.9 Å². The molecule has 0 aromatic carbocycles. The highest BCUT2D eigenvalue weighted by Crippen LogP contribution is 2.27. The van der Waals surface area contributed by atoms with Gasteiger partial charge in [-0.1, -0.05) is 38.2 Å². The Hall–Kier alpha value is -3.63. The lowest BCUT2D eigenvalue weighted by atomic mass is 9.85. The number of nitrogens with two attached hydrogens (primary N) is 1. The zero-order valence-corrected chi connectivity index (χ0v) is 23.5. The fraction of sp³-hybridized carbons (Fsp3) is 0.483. The van der Waals surface area contributed by atoms with Crippen molar-refractivity contribution in [2.45, 2.75) is 65.8 Å². The molecule has 0 saturated heterocycles. The van der Waals surface area contributed by atoms with Crippen LogP contribution in [-0.4, -0.2) is 61.8 Å². The number of ether oxygens (including phenoxy) is 3. The minimum Gasteiger partial charge on any atom is -0.455 e.